The Hall–Kier alpha value is -2.86. The van der Waals surface area contributed by atoms with Gasteiger partial charge in [0.2, 0.25) is 0 Å². The SMILES string of the molecule is C#CC1(Cc2ccccc2)C(=O)N(c2ccccc2)N=C1C. The molecule has 0 fully saturated rings. The van der Waals surface area contributed by atoms with Gasteiger partial charge in [0.1, 0.15) is 0 Å². The number of rotatable bonds is 3. The van der Waals surface area contributed by atoms with E-state index >= 15 is 0 Å². The fourth-order valence-electron chi connectivity index (χ4n) is 2.68. The van der Waals surface area contributed by atoms with Gasteiger partial charge in [-0.05, 0) is 24.6 Å². The smallest absolute Gasteiger partial charge is 0.270 e. The molecule has 0 spiro atoms. The number of carbonyl (C=O) groups excluding carboxylic acids is 1. The summed E-state index contributed by atoms with van der Waals surface area (Å²) < 4.78 is 0. The topological polar surface area (TPSA) is 32.7 Å². The Morgan fingerprint density at radius 3 is 2.27 bits per heavy atom. The lowest BCUT2D eigenvalue weighted by Gasteiger charge is -2.22. The number of hydrazone groups is 1. The molecule has 0 N–H and O–H groups in total. The molecule has 0 aliphatic carbocycles. The Bertz CT molecular complexity index is 759. The third kappa shape index (κ3) is 2.19. The van der Waals surface area contributed by atoms with Crippen molar-refractivity contribution >= 4 is 17.3 Å². The second-order valence-electron chi connectivity index (χ2n) is 5.35. The lowest BCUT2D eigenvalue weighted by Crippen LogP contribution is -2.39. The summed E-state index contributed by atoms with van der Waals surface area (Å²) >= 11 is 0. The average Bonchev–Trinajstić information content (AvgIpc) is 2.82. The van der Waals surface area contributed by atoms with E-state index < -0.39 is 5.41 Å². The van der Waals surface area contributed by atoms with Crippen LogP contribution in [0, 0.1) is 17.8 Å². The van der Waals surface area contributed by atoms with Crippen molar-refractivity contribution in [3.05, 3.63) is 66.2 Å². The molecule has 1 amide bonds. The number of anilines is 1. The first-order chi connectivity index (χ1) is 10.7. The van der Waals surface area contributed by atoms with E-state index in [0.29, 0.717) is 12.1 Å². The minimum absolute atomic E-state index is 0.164. The van der Waals surface area contributed by atoms with Gasteiger partial charge in [0.15, 0.2) is 5.41 Å². The molecule has 22 heavy (non-hydrogen) atoms. The molecular formula is C19H16N2O. The van der Waals surface area contributed by atoms with Crippen LogP contribution in [-0.2, 0) is 11.2 Å². The second kappa shape index (κ2) is 5.50. The first-order valence-electron chi connectivity index (χ1n) is 7.14. The molecule has 1 atom stereocenters. The maximum Gasteiger partial charge on any atom is 0.271 e. The van der Waals surface area contributed by atoms with Crippen LogP contribution in [0.25, 0.3) is 0 Å². The summed E-state index contributed by atoms with van der Waals surface area (Å²) in [4.78, 5) is 12.9. The summed E-state index contributed by atoms with van der Waals surface area (Å²) in [5, 5.41) is 5.83. The molecule has 1 unspecified atom stereocenters. The van der Waals surface area contributed by atoms with Crippen molar-refractivity contribution in [2.45, 2.75) is 13.3 Å². The Morgan fingerprint density at radius 1 is 1.09 bits per heavy atom. The van der Waals surface area contributed by atoms with Gasteiger partial charge < -0.3 is 0 Å². The minimum Gasteiger partial charge on any atom is -0.270 e. The van der Waals surface area contributed by atoms with E-state index in [0.717, 1.165) is 11.3 Å². The normalized spacial score (nSPS) is 20.6. The van der Waals surface area contributed by atoms with Crippen molar-refractivity contribution in [3.8, 4) is 12.3 Å². The van der Waals surface area contributed by atoms with Gasteiger partial charge in [0, 0.05) is 6.42 Å². The van der Waals surface area contributed by atoms with Crippen LogP contribution in [0.4, 0.5) is 5.69 Å². The van der Waals surface area contributed by atoms with Crippen LogP contribution in [0.2, 0.25) is 0 Å². The molecule has 1 aliphatic rings. The lowest BCUT2D eigenvalue weighted by atomic mass is 9.78. The first-order valence-corrected chi connectivity index (χ1v) is 7.14. The predicted molar refractivity (Wildman–Crippen MR) is 88.4 cm³/mol. The fourth-order valence-corrected chi connectivity index (χ4v) is 2.68. The summed E-state index contributed by atoms with van der Waals surface area (Å²) in [5.41, 5.74) is 1.42. The van der Waals surface area contributed by atoms with Crippen molar-refractivity contribution < 1.29 is 4.79 Å². The van der Waals surface area contributed by atoms with E-state index in [4.69, 9.17) is 6.42 Å². The van der Waals surface area contributed by atoms with Gasteiger partial charge >= 0.3 is 0 Å². The predicted octanol–water partition coefficient (Wildman–Crippen LogP) is 3.27. The minimum atomic E-state index is -1.00. The highest BCUT2D eigenvalue weighted by Gasteiger charge is 2.48. The number of hydrogen-bond donors (Lipinski definition) is 0. The highest BCUT2D eigenvalue weighted by Crippen LogP contribution is 2.35. The van der Waals surface area contributed by atoms with E-state index in [-0.39, 0.29) is 5.91 Å². The molecule has 3 nitrogen and oxygen atoms in total. The van der Waals surface area contributed by atoms with Gasteiger partial charge in [0.05, 0.1) is 11.4 Å². The molecule has 0 radical (unpaired) electrons. The summed E-state index contributed by atoms with van der Waals surface area (Å²) in [6.45, 7) is 1.82. The van der Waals surface area contributed by atoms with Gasteiger partial charge in [-0.25, -0.2) is 0 Å². The number of nitrogens with zero attached hydrogens (tertiary/aromatic N) is 2. The number of benzene rings is 2. The highest BCUT2D eigenvalue weighted by molar-refractivity contribution is 6.21. The molecule has 0 bridgehead atoms. The molecule has 0 saturated heterocycles. The van der Waals surface area contributed by atoms with Crippen LogP contribution in [0.1, 0.15) is 12.5 Å². The van der Waals surface area contributed by atoms with Crippen LogP contribution in [0.15, 0.2) is 65.8 Å². The van der Waals surface area contributed by atoms with E-state index in [1.165, 1.54) is 5.01 Å². The molecule has 1 aliphatic heterocycles. The Balaban J connectivity index is 1.98. The number of para-hydroxylation sites is 1. The summed E-state index contributed by atoms with van der Waals surface area (Å²) in [5.74, 6) is 2.54. The zero-order valence-electron chi connectivity index (χ0n) is 12.4. The van der Waals surface area contributed by atoms with Crippen molar-refractivity contribution in [1.82, 2.24) is 0 Å². The Kier molecular flexibility index (Phi) is 3.52. The van der Waals surface area contributed by atoms with Gasteiger partial charge in [-0.3, -0.25) is 4.79 Å². The molecule has 108 valence electrons. The zero-order chi connectivity index (χ0) is 15.6. The molecule has 3 rings (SSSR count). The van der Waals surface area contributed by atoms with Crippen molar-refractivity contribution in [2.75, 3.05) is 5.01 Å². The molecule has 2 aromatic carbocycles. The molecule has 2 aromatic rings. The Morgan fingerprint density at radius 2 is 1.68 bits per heavy atom. The monoisotopic (exact) mass is 288 g/mol. The summed E-state index contributed by atoms with van der Waals surface area (Å²) in [7, 11) is 0. The third-order valence-electron chi connectivity index (χ3n) is 3.98. The standard InChI is InChI=1S/C19H16N2O/c1-3-19(14-16-10-6-4-7-11-16)15(2)20-21(18(19)22)17-12-8-5-9-13-17/h1,4-13H,14H2,2H3. The Labute approximate surface area is 130 Å². The zero-order valence-corrected chi connectivity index (χ0v) is 12.4. The van der Waals surface area contributed by atoms with Gasteiger partial charge in [-0.2, -0.15) is 10.1 Å². The molecule has 1 heterocycles. The van der Waals surface area contributed by atoms with Gasteiger partial charge in [-0.1, -0.05) is 54.5 Å². The fraction of sp³-hybridized carbons (Fsp3) is 0.158. The largest absolute Gasteiger partial charge is 0.271 e. The maximum absolute atomic E-state index is 12.9. The van der Waals surface area contributed by atoms with E-state index in [9.17, 15) is 4.79 Å². The summed E-state index contributed by atoms with van der Waals surface area (Å²) in [6.07, 6.45) is 6.22. The van der Waals surface area contributed by atoms with E-state index in [1.807, 2.05) is 67.6 Å². The van der Waals surface area contributed by atoms with Crippen LogP contribution in [0.5, 0.6) is 0 Å². The molecule has 0 saturated carbocycles. The lowest BCUT2D eigenvalue weighted by molar-refractivity contribution is -0.121. The van der Waals surface area contributed by atoms with E-state index in [2.05, 4.69) is 11.0 Å². The highest BCUT2D eigenvalue weighted by atomic mass is 16.2. The number of carbonyl (C=O) groups is 1. The van der Waals surface area contributed by atoms with Crippen LogP contribution >= 0.6 is 0 Å². The quantitative estimate of drug-likeness (QED) is 0.798. The van der Waals surface area contributed by atoms with Crippen molar-refractivity contribution in [3.63, 3.8) is 0 Å². The maximum atomic E-state index is 12.9. The molecular weight excluding hydrogens is 272 g/mol. The van der Waals surface area contributed by atoms with Crippen molar-refractivity contribution in [2.24, 2.45) is 10.5 Å². The third-order valence-corrected chi connectivity index (χ3v) is 3.98. The van der Waals surface area contributed by atoms with Gasteiger partial charge in [0.25, 0.3) is 5.91 Å². The number of hydrogen-bond acceptors (Lipinski definition) is 2. The van der Waals surface area contributed by atoms with Crippen LogP contribution in [0.3, 0.4) is 0 Å². The molecule has 0 aromatic heterocycles. The van der Waals surface area contributed by atoms with Crippen molar-refractivity contribution in [1.29, 1.82) is 0 Å². The summed E-state index contributed by atoms with van der Waals surface area (Å²) in [6, 6.07) is 19.1. The number of terminal acetylenes is 1. The van der Waals surface area contributed by atoms with E-state index in [1.54, 1.807) is 0 Å². The van der Waals surface area contributed by atoms with Crippen LogP contribution < -0.4 is 5.01 Å². The number of amides is 1. The second-order valence-corrected chi connectivity index (χ2v) is 5.35. The van der Waals surface area contributed by atoms with Crippen LogP contribution in [-0.4, -0.2) is 11.6 Å². The molecule has 3 heteroatoms. The van der Waals surface area contributed by atoms with Gasteiger partial charge in [-0.15, -0.1) is 6.42 Å². The first kappa shape index (κ1) is 14.1. The average molecular weight is 288 g/mol.